The van der Waals surface area contributed by atoms with Crippen molar-refractivity contribution in [3.8, 4) is 0 Å². The predicted octanol–water partition coefficient (Wildman–Crippen LogP) is 2.56. The topological polar surface area (TPSA) is 58.5 Å². The second-order valence-corrected chi connectivity index (χ2v) is 7.14. The highest BCUT2D eigenvalue weighted by Crippen LogP contribution is 2.34. The van der Waals surface area contributed by atoms with Crippen molar-refractivity contribution in [2.24, 2.45) is 0 Å². The van der Waals surface area contributed by atoms with Crippen LogP contribution in [0.25, 0.3) is 0 Å². The van der Waals surface area contributed by atoms with Gasteiger partial charge in [-0.3, -0.25) is 0 Å². The van der Waals surface area contributed by atoms with Crippen molar-refractivity contribution < 1.29 is 9.84 Å². The van der Waals surface area contributed by atoms with E-state index >= 15 is 0 Å². The van der Waals surface area contributed by atoms with Gasteiger partial charge >= 0.3 is 0 Å². The van der Waals surface area contributed by atoms with Crippen molar-refractivity contribution in [2.75, 3.05) is 31.7 Å². The molecule has 0 amide bonds. The summed E-state index contributed by atoms with van der Waals surface area (Å²) in [4.78, 5) is 7.03. The van der Waals surface area contributed by atoms with Crippen LogP contribution in [-0.2, 0) is 4.74 Å². The average molecular weight is 311 g/mol. The van der Waals surface area contributed by atoms with Crippen molar-refractivity contribution in [2.45, 2.75) is 56.5 Å². The molecule has 5 nitrogen and oxygen atoms in total. The minimum absolute atomic E-state index is 0.421. The van der Waals surface area contributed by atoms with Crippen molar-refractivity contribution in [1.82, 2.24) is 9.36 Å². The fraction of sp³-hybridized carbons (Fsp3) is 0.867. The molecule has 1 aromatic rings. The smallest absolute Gasteiger partial charge is 0.205 e. The van der Waals surface area contributed by atoms with Crippen LogP contribution in [0.15, 0.2) is 0 Å². The molecule has 21 heavy (non-hydrogen) atoms. The van der Waals surface area contributed by atoms with E-state index in [1.165, 1.54) is 43.6 Å². The third-order valence-corrected chi connectivity index (χ3v) is 5.57. The summed E-state index contributed by atoms with van der Waals surface area (Å²) < 4.78 is 9.70. The van der Waals surface area contributed by atoms with E-state index in [2.05, 4.69) is 9.27 Å². The second kappa shape index (κ2) is 6.58. The summed E-state index contributed by atoms with van der Waals surface area (Å²) in [6, 6.07) is 0. The molecule has 0 atom stereocenters. The Labute approximate surface area is 130 Å². The quantitative estimate of drug-likeness (QED) is 0.926. The van der Waals surface area contributed by atoms with Gasteiger partial charge in [0, 0.05) is 37.6 Å². The van der Waals surface area contributed by atoms with E-state index in [0.717, 1.165) is 36.9 Å². The number of hydrogen-bond donors (Lipinski definition) is 1. The lowest BCUT2D eigenvalue weighted by molar-refractivity contribution is -0.0471. The summed E-state index contributed by atoms with van der Waals surface area (Å²) in [6.07, 6.45) is 7.93. The van der Waals surface area contributed by atoms with E-state index in [0.29, 0.717) is 12.5 Å². The fourth-order valence-electron chi connectivity index (χ4n) is 3.41. The zero-order valence-corrected chi connectivity index (χ0v) is 13.6. The van der Waals surface area contributed by atoms with Gasteiger partial charge in [0.25, 0.3) is 0 Å². The van der Waals surface area contributed by atoms with E-state index in [4.69, 9.17) is 9.72 Å². The summed E-state index contributed by atoms with van der Waals surface area (Å²) >= 11 is 1.52. The van der Waals surface area contributed by atoms with E-state index in [1.54, 1.807) is 7.11 Å². The van der Waals surface area contributed by atoms with Crippen LogP contribution in [-0.4, -0.2) is 46.9 Å². The number of piperidine rings is 1. The van der Waals surface area contributed by atoms with E-state index in [1.807, 2.05) is 0 Å². The standard InChI is InChI=1S/C15H25N3O2S/c1-20-11-15(19)7-9-18(10-8-15)14-16-13(17-21-14)12-5-3-2-4-6-12/h12,19H,2-11H2,1H3. The van der Waals surface area contributed by atoms with Crippen LogP contribution in [0.4, 0.5) is 5.13 Å². The predicted molar refractivity (Wildman–Crippen MR) is 84.0 cm³/mol. The van der Waals surface area contributed by atoms with Gasteiger partial charge in [0.05, 0.1) is 12.2 Å². The van der Waals surface area contributed by atoms with Crippen molar-refractivity contribution in [3.05, 3.63) is 5.82 Å². The van der Waals surface area contributed by atoms with Crippen molar-refractivity contribution >= 4 is 16.7 Å². The highest BCUT2D eigenvalue weighted by Gasteiger charge is 2.33. The van der Waals surface area contributed by atoms with Crippen LogP contribution in [0, 0.1) is 0 Å². The van der Waals surface area contributed by atoms with Gasteiger partial charge in [0.1, 0.15) is 5.82 Å². The second-order valence-electron chi connectivity index (χ2n) is 6.41. The van der Waals surface area contributed by atoms with Gasteiger partial charge in [-0.05, 0) is 25.7 Å². The molecule has 0 unspecified atom stereocenters. The molecular formula is C15H25N3O2S. The SMILES string of the molecule is COCC1(O)CCN(c2nc(C3CCCCC3)ns2)CC1. The lowest BCUT2D eigenvalue weighted by Gasteiger charge is -2.37. The Balaban J connectivity index is 1.59. The third-order valence-electron chi connectivity index (χ3n) is 4.78. The Hall–Kier alpha value is -0.720. The monoisotopic (exact) mass is 311 g/mol. The lowest BCUT2D eigenvalue weighted by atomic mass is 9.89. The highest BCUT2D eigenvalue weighted by atomic mass is 32.1. The Morgan fingerprint density at radius 3 is 2.67 bits per heavy atom. The number of methoxy groups -OCH3 is 1. The van der Waals surface area contributed by atoms with Gasteiger partial charge in [-0.2, -0.15) is 4.37 Å². The fourth-order valence-corrected chi connectivity index (χ4v) is 4.21. The lowest BCUT2D eigenvalue weighted by Crippen LogP contribution is -2.47. The third kappa shape index (κ3) is 3.55. The van der Waals surface area contributed by atoms with Gasteiger partial charge in [0.2, 0.25) is 5.13 Å². The molecule has 1 N–H and O–H groups in total. The molecule has 6 heteroatoms. The first kappa shape index (κ1) is 15.2. The van der Waals surface area contributed by atoms with Crippen molar-refractivity contribution in [3.63, 3.8) is 0 Å². The zero-order valence-electron chi connectivity index (χ0n) is 12.8. The molecule has 1 saturated heterocycles. The number of anilines is 1. The summed E-state index contributed by atoms with van der Waals surface area (Å²) in [6.45, 7) is 2.09. The minimum Gasteiger partial charge on any atom is -0.387 e. The summed E-state index contributed by atoms with van der Waals surface area (Å²) in [5.74, 6) is 1.62. The maximum Gasteiger partial charge on any atom is 0.205 e. The molecular weight excluding hydrogens is 286 g/mol. The molecule has 3 rings (SSSR count). The largest absolute Gasteiger partial charge is 0.387 e. The first-order valence-corrected chi connectivity index (χ1v) is 8.77. The normalized spacial score (nSPS) is 23.4. The first-order valence-electron chi connectivity index (χ1n) is 8.00. The van der Waals surface area contributed by atoms with Crippen LogP contribution in [0.3, 0.4) is 0 Å². The van der Waals surface area contributed by atoms with E-state index < -0.39 is 5.60 Å². The molecule has 1 aliphatic carbocycles. The molecule has 0 bridgehead atoms. The molecule has 2 fully saturated rings. The van der Waals surface area contributed by atoms with Crippen LogP contribution in [0.5, 0.6) is 0 Å². The van der Waals surface area contributed by atoms with Crippen LogP contribution >= 0.6 is 11.5 Å². The van der Waals surface area contributed by atoms with Gasteiger partial charge in [0.15, 0.2) is 0 Å². The Morgan fingerprint density at radius 2 is 2.00 bits per heavy atom. The van der Waals surface area contributed by atoms with Crippen LogP contribution in [0.1, 0.15) is 56.7 Å². The maximum absolute atomic E-state index is 10.4. The zero-order chi connectivity index (χ0) is 14.7. The number of aliphatic hydroxyl groups is 1. The van der Waals surface area contributed by atoms with Gasteiger partial charge < -0.3 is 14.7 Å². The molecule has 1 saturated carbocycles. The Bertz CT molecular complexity index is 452. The molecule has 118 valence electrons. The first-order chi connectivity index (χ1) is 10.2. The molecule has 1 aliphatic heterocycles. The number of aromatic nitrogens is 2. The highest BCUT2D eigenvalue weighted by molar-refractivity contribution is 7.09. The molecule has 0 radical (unpaired) electrons. The van der Waals surface area contributed by atoms with Crippen LogP contribution < -0.4 is 4.90 Å². The van der Waals surface area contributed by atoms with Crippen LogP contribution in [0.2, 0.25) is 0 Å². The van der Waals surface area contributed by atoms with E-state index in [9.17, 15) is 5.11 Å². The molecule has 0 aromatic carbocycles. The van der Waals surface area contributed by atoms with Gasteiger partial charge in [-0.25, -0.2) is 4.98 Å². The Kier molecular flexibility index (Phi) is 4.76. The number of rotatable bonds is 4. The summed E-state index contributed by atoms with van der Waals surface area (Å²) in [5.41, 5.74) is -0.665. The summed E-state index contributed by atoms with van der Waals surface area (Å²) in [7, 11) is 1.64. The van der Waals surface area contributed by atoms with Gasteiger partial charge in [-0.15, -0.1) is 0 Å². The summed E-state index contributed by atoms with van der Waals surface area (Å²) in [5, 5.41) is 11.4. The van der Waals surface area contributed by atoms with E-state index in [-0.39, 0.29) is 0 Å². The molecule has 1 aromatic heterocycles. The maximum atomic E-state index is 10.4. The molecule has 0 spiro atoms. The molecule has 2 aliphatic rings. The van der Waals surface area contributed by atoms with Crippen molar-refractivity contribution in [1.29, 1.82) is 0 Å². The van der Waals surface area contributed by atoms with Gasteiger partial charge in [-0.1, -0.05) is 19.3 Å². The number of nitrogens with zero attached hydrogens (tertiary/aromatic N) is 3. The molecule has 2 heterocycles. The number of hydrogen-bond acceptors (Lipinski definition) is 6. The average Bonchev–Trinajstić information content (AvgIpc) is 2.99. The Morgan fingerprint density at radius 1 is 1.29 bits per heavy atom. The number of ether oxygens (including phenoxy) is 1. The minimum atomic E-state index is -0.665.